The van der Waals surface area contributed by atoms with Gasteiger partial charge in [0.2, 0.25) is 0 Å². The van der Waals surface area contributed by atoms with Gasteiger partial charge in [-0.25, -0.2) is 0 Å². The van der Waals surface area contributed by atoms with Crippen molar-refractivity contribution >= 4 is 30.4 Å². The number of methoxy groups -OCH3 is 1. The predicted octanol–water partition coefficient (Wildman–Crippen LogP) is 4.92. The van der Waals surface area contributed by atoms with Gasteiger partial charge in [-0.1, -0.05) is 0 Å². The Morgan fingerprint density at radius 2 is 1.26 bits per heavy atom. The average Bonchev–Trinajstić information content (AvgIpc) is 2.87. The second kappa shape index (κ2) is 14.5. The van der Waals surface area contributed by atoms with Crippen LogP contribution in [-0.4, -0.2) is 55.2 Å². The van der Waals surface area contributed by atoms with Gasteiger partial charge < -0.3 is 4.74 Å². The van der Waals surface area contributed by atoms with E-state index in [9.17, 15) is 8.42 Å². The quantitative estimate of drug-likeness (QED) is 0.178. The number of aryl methyl sites for hydroxylation is 1. The first-order valence-electron chi connectivity index (χ1n) is 11.1. The fourth-order valence-electron chi connectivity index (χ4n) is 2.88. The van der Waals surface area contributed by atoms with E-state index in [4.69, 9.17) is 21.5 Å². The van der Waals surface area contributed by atoms with Crippen molar-refractivity contribution in [3.05, 3.63) is 91.6 Å². The van der Waals surface area contributed by atoms with Crippen LogP contribution in [0, 0.1) is 14.1 Å². The molecule has 3 aromatic rings. The number of hydrogen-bond donors (Lipinski definition) is 0. The van der Waals surface area contributed by atoms with E-state index < -0.39 is 30.4 Å². The Morgan fingerprint density at radius 3 is 1.89 bits per heavy atom. The second-order valence-corrected chi connectivity index (χ2v) is 13.9. The third-order valence-corrected chi connectivity index (χ3v) is 12.0. The molecule has 0 aromatic heterocycles. The fraction of sp³-hybridized carbons (Fsp3) is 0.308. The van der Waals surface area contributed by atoms with Crippen LogP contribution in [0.15, 0.2) is 83.8 Å². The predicted molar refractivity (Wildman–Crippen MR) is 143 cm³/mol. The molecule has 7 nitrogen and oxygen atoms in total. The van der Waals surface area contributed by atoms with E-state index in [2.05, 4.69) is 0 Å². The molecule has 0 bridgehead atoms. The van der Waals surface area contributed by atoms with Crippen LogP contribution in [0.25, 0.3) is 0 Å². The molecule has 0 saturated heterocycles. The van der Waals surface area contributed by atoms with Crippen molar-refractivity contribution < 1.29 is 29.9 Å². The van der Waals surface area contributed by atoms with Crippen molar-refractivity contribution in [3.63, 3.8) is 0 Å². The van der Waals surface area contributed by atoms with Crippen LogP contribution < -0.4 is 4.74 Å². The molecule has 0 fully saturated rings. The zero-order valence-corrected chi connectivity index (χ0v) is 22.9. The molecule has 0 unspecified atom stereocenters. The molecule has 190 valence electrons. The summed E-state index contributed by atoms with van der Waals surface area (Å²) >= 11 is -2.75. The summed E-state index contributed by atoms with van der Waals surface area (Å²) in [5.74, 6) is 0.680. The molecule has 0 heterocycles. The van der Waals surface area contributed by atoms with E-state index in [0.29, 0.717) is 45.4 Å². The summed E-state index contributed by atoms with van der Waals surface area (Å²) in [5, 5.41) is 0. The van der Waals surface area contributed by atoms with E-state index in [1.165, 1.54) is 0 Å². The van der Waals surface area contributed by atoms with Crippen molar-refractivity contribution in [2.45, 2.75) is 11.8 Å². The van der Waals surface area contributed by atoms with E-state index in [1.807, 2.05) is 61.5 Å². The van der Waals surface area contributed by atoms with Gasteiger partial charge in [-0.2, -0.15) is 0 Å². The molecule has 0 aliphatic heterocycles. The summed E-state index contributed by atoms with van der Waals surface area (Å²) in [4.78, 5) is 0.158. The third-order valence-electron chi connectivity index (χ3n) is 4.70. The first-order chi connectivity index (χ1) is 17.0. The van der Waals surface area contributed by atoms with Crippen molar-refractivity contribution in [2.75, 3.05) is 46.8 Å². The van der Waals surface area contributed by atoms with Gasteiger partial charge in [0.05, 0.1) is 6.61 Å². The Labute approximate surface area is 215 Å². The summed E-state index contributed by atoms with van der Waals surface area (Å²) in [6.45, 7) is 4.86. The summed E-state index contributed by atoms with van der Waals surface area (Å²) in [6.07, 6.45) is 0. The Balaban J connectivity index is 1.60. The molecular formula is C26H31IO7S. The van der Waals surface area contributed by atoms with E-state index >= 15 is 0 Å². The van der Waals surface area contributed by atoms with Gasteiger partial charge in [0, 0.05) is 7.11 Å². The van der Waals surface area contributed by atoms with Gasteiger partial charge in [-0.15, -0.1) is 0 Å². The van der Waals surface area contributed by atoms with Crippen LogP contribution in [0.5, 0.6) is 5.75 Å². The van der Waals surface area contributed by atoms with Crippen molar-refractivity contribution in [1.29, 1.82) is 0 Å². The SMILES string of the molecule is COCCOCCOCCOc1ccc(I(OS(=O)(=O)c2ccc(C)cc2)c2ccccc2)cc1. The summed E-state index contributed by atoms with van der Waals surface area (Å²) < 4.78 is 55.2. The minimum absolute atomic E-state index is 0.158. The van der Waals surface area contributed by atoms with Gasteiger partial charge in [-0.3, -0.25) is 0 Å². The van der Waals surface area contributed by atoms with Gasteiger partial charge in [0.25, 0.3) is 0 Å². The Bertz CT molecular complexity index is 1100. The Morgan fingerprint density at radius 1 is 0.686 bits per heavy atom. The van der Waals surface area contributed by atoms with Gasteiger partial charge in [0.15, 0.2) is 0 Å². The van der Waals surface area contributed by atoms with Crippen LogP contribution in [0.4, 0.5) is 0 Å². The standard InChI is InChI=1S/C26H31IO7S/c1-22-8-14-26(15-9-22)35(28,29)34-27(23-6-4-3-5-7-23)24-10-12-25(13-11-24)33-21-20-32-19-18-31-17-16-30-2/h3-15H,16-21H2,1-2H3. The molecule has 3 aromatic carbocycles. The number of ether oxygens (including phenoxy) is 4. The van der Waals surface area contributed by atoms with Crippen LogP contribution in [0.1, 0.15) is 5.56 Å². The molecule has 3 rings (SSSR count). The number of benzene rings is 3. The Kier molecular flexibility index (Phi) is 11.4. The number of rotatable bonds is 15. The van der Waals surface area contributed by atoms with Crippen molar-refractivity contribution in [3.8, 4) is 5.75 Å². The Hall–Kier alpha value is -2.02. The summed E-state index contributed by atoms with van der Waals surface area (Å²) in [6, 6.07) is 23.6. The number of hydrogen-bond acceptors (Lipinski definition) is 7. The minimum atomic E-state index is -3.91. The normalized spacial score (nSPS) is 11.9. The molecule has 35 heavy (non-hydrogen) atoms. The molecule has 0 radical (unpaired) electrons. The first-order valence-corrected chi connectivity index (χ1v) is 15.6. The molecular weight excluding hydrogens is 583 g/mol. The monoisotopic (exact) mass is 614 g/mol. The van der Waals surface area contributed by atoms with Gasteiger partial charge in [0.1, 0.15) is 0 Å². The second-order valence-electron chi connectivity index (χ2n) is 7.39. The maximum absolute atomic E-state index is 13.0. The van der Waals surface area contributed by atoms with E-state index in [0.717, 1.165) is 12.7 Å². The molecule has 0 aliphatic rings. The molecule has 0 amide bonds. The van der Waals surface area contributed by atoms with Gasteiger partial charge in [-0.05, 0) is 0 Å². The van der Waals surface area contributed by atoms with Crippen molar-refractivity contribution in [1.82, 2.24) is 0 Å². The molecule has 0 atom stereocenters. The zero-order chi connectivity index (χ0) is 24.9. The van der Waals surface area contributed by atoms with Crippen molar-refractivity contribution in [2.24, 2.45) is 0 Å². The topological polar surface area (TPSA) is 80.3 Å². The summed E-state index contributed by atoms with van der Waals surface area (Å²) in [5.41, 5.74) is 0.985. The fourth-order valence-corrected chi connectivity index (χ4v) is 9.82. The van der Waals surface area contributed by atoms with Crippen LogP contribution in [-0.2, 0) is 26.8 Å². The summed E-state index contributed by atoms with van der Waals surface area (Å²) in [7, 11) is -2.28. The molecule has 0 saturated carbocycles. The number of halogens is 1. The van der Waals surface area contributed by atoms with Crippen LogP contribution in [0.3, 0.4) is 0 Å². The molecule has 0 N–H and O–H groups in total. The molecule has 0 spiro atoms. The van der Waals surface area contributed by atoms with Crippen LogP contribution in [0.2, 0.25) is 0 Å². The van der Waals surface area contributed by atoms with E-state index in [-0.39, 0.29) is 4.90 Å². The molecule has 9 heteroatoms. The van der Waals surface area contributed by atoms with Crippen LogP contribution >= 0.6 is 20.2 Å². The molecule has 0 aliphatic carbocycles. The third kappa shape index (κ3) is 9.17. The zero-order valence-electron chi connectivity index (χ0n) is 19.9. The van der Waals surface area contributed by atoms with Gasteiger partial charge >= 0.3 is 198 Å². The first kappa shape index (κ1) is 27.6. The average molecular weight is 614 g/mol. The maximum atomic E-state index is 13.0. The van der Waals surface area contributed by atoms with E-state index in [1.54, 1.807) is 31.4 Å².